The van der Waals surface area contributed by atoms with Gasteiger partial charge in [0.1, 0.15) is 0 Å². The number of rotatable bonds is 4. The van der Waals surface area contributed by atoms with Crippen molar-refractivity contribution < 1.29 is 9.26 Å². The smallest absolute Gasteiger partial charge is 0.226 e. The minimum Gasteiger partial charge on any atom is -0.399 e. The third kappa shape index (κ3) is 3.17. The summed E-state index contributed by atoms with van der Waals surface area (Å²) in [5.74, 6) is 1.92. The maximum absolute atomic E-state index is 5.77. The van der Waals surface area contributed by atoms with Gasteiger partial charge in [-0.3, -0.25) is 0 Å². The van der Waals surface area contributed by atoms with Crippen LogP contribution in [-0.4, -0.2) is 23.4 Å². The minimum absolute atomic E-state index is 0.383. The molecule has 1 aliphatic rings. The topological polar surface area (TPSA) is 74.2 Å². The van der Waals surface area contributed by atoms with E-state index >= 15 is 0 Å². The number of nitrogens with zero attached hydrogens (tertiary/aromatic N) is 2. The normalized spacial score (nSPS) is 16.4. The van der Waals surface area contributed by atoms with Crippen LogP contribution in [0.25, 0.3) is 0 Å². The van der Waals surface area contributed by atoms with Crippen molar-refractivity contribution in [2.45, 2.75) is 31.6 Å². The fourth-order valence-electron chi connectivity index (χ4n) is 2.49. The molecule has 0 bridgehead atoms. The van der Waals surface area contributed by atoms with Crippen molar-refractivity contribution in [3.05, 3.63) is 41.5 Å². The maximum atomic E-state index is 5.77. The number of hydrogen-bond donors (Lipinski definition) is 1. The van der Waals surface area contributed by atoms with Gasteiger partial charge in [0, 0.05) is 31.2 Å². The molecule has 20 heavy (non-hydrogen) atoms. The van der Waals surface area contributed by atoms with Gasteiger partial charge in [0.05, 0.1) is 0 Å². The second-order valence-electron chi connectivity index (χ2n) is 5.18. The first-order chi connectivity index (χ1) is 9.81. The number of nitrogens with two attached hydrogens (primary N) is 1. The average Bonchev–Trinajstić information content (AvgIpc) is 2.95. The first kappa shape index (κ1) is 13.1. The Hall–Kier alpha value is -1.88. The Bertz CT molecular complexity index is 562. The monoisotopic (exact) mass is 273 g/mol. The molecule has 0 unspecified atom stereocenters. The molecule has 1 aromatic carbocycles. The number of nitrogen functional groups attached to an aromatic ring is 1. The molecule has 1 saturated heterocycles. The van der Waals surface area contributed by atoms with E-state index in [2.05, 4.69) is 16.2 Å². The number of benzene rings is 1. The lowest BCUT2D eigenvalue weighted by Gasteiger charge is -2.18. The highest BCUT2D eigenvalue weighted by atomic mass is 16.5. The molecule has 2 N–H and O–H groups in total. The van der Waals surface area contributed by atoms with Gasteiger partial charge in [-0.15, -0.1) is 0 Å². The molecule has 1 aliphatic heterocycles. The predicted molar refractivity (Wildman–Crippen MR) is 75.4 cm³/mol. The molecule has 2 heterocycles. The predicted octanol–water partition coefficient (Wildman–Crippen LogP) is 2.33. The molecule has 0 aliphatic carbocycles. The number of hydrogen-bond acceptors (Lipinski definition) is 5. The maximum Gasteiger partial charge on any atom is 0.226 e. The first-order valence-corrected chi connectivity index (χ1v) is 7.06. The molecular weight excluding hydrogens is 254 g/mol. The van der Waals surface area contributed by atoms with Gasteiger partial charge in [-0.1, -0.05) is 17.3 Å². The fraction of sp³-hybridized carbons (Fsp3) is 0.467. The van der Waals surface area contributed by atoms with Crippen molar-refractivity contribution in [3.8, 4) is 0 Å². The highest BCUT2D eigenvalue weighted by Gasteiger charge is 2.21. The van der Waals surface area contributed by atoms with Gasteiger partial charge in [-0.2, -0.15) is 4.98 Å². The molecule has 0 atom stereocenters. The standard InChI is InChI=1S/C15H19N3O2/c16-13-3-1-2-11(10-13)4-5-14-17-15(18-20-14)12-6-8-19-9-7-12/h1-3,10,12H,4-9,16H2. The van der Waals surface area contributed by atoms with E-state index in [4.69, 9.17) is 15.0 Å². The van der Waals surface area contributed by atoms with E-state index in [1.807, 2.05) is 18.2 Å². The van der Waals surface area contributed by atoms with Crippen molar-refractivity contribution in [3.63, 3.8) is 0 Å². The molecule has 0 spiro atoms. The molecule has 2 aromatic rings. The van der Waals surface area contributed by atoms with Crippen molar-refractivity contribution in [2.24, 2.45) is 0 Å². The molecule has 0 amide bonds. The Labute approximate surface area is 118 Å². The Morgan fingerprint density at radius 1 is 1.20 bits per heavy atom. The summed E-state index contributed by atoms with van der Waals surface area (Å²) in [4.78, 5) is 4.51. The van der Waals surface area contributed by atoms with Gasteiger partial charge in [0.15, 0.2) is 5.82 Å². The first-order valence-electron chi connectivity index (χ1n) is 7.06. The van der Waals surface area contributed by atoms with Crippen LogP contribution in [0.1, 0.15) is 36.0 Å². The Morgan fingerprint density at radius 3 is 2.85 bits per heavy atom. The third-order valence-electron chi connectivity index (χ3n) is 3.65. The van der Waals surface area contributed by atoms with E-state index in [1.54, 1.807) is 0 Å². The second kappa shape index (κ2) is 6.05. The van der Waals surface area contributed by atoms with E-state index in [1.165, 1.54) is 5.56 Å². The van der Waals surface area contributed by atoms with E-state index < -0.39 is 0 Å². The van der Waals surface area contributed by atoms with Crippen LogP contribution in [0.3, 0.4) is 0 Å². The molecule has 0 saturated carbocycles. The average molecular weight is 273 g/mol. The van der Waals surface area contributed by atoms with Gasteiger partial charge < -0.3 is 15.0 Å². The van der Waals surface area contributed by atoms with Crippen LogP contribution >= 0.6 is 0 Å². The molecule has 0 radical (unpaired) electrons. The van der Waals surface area contributed by atoms with Gasteiger partial charge in [0.25, 0.3) is 0 Å². The van der Waals surface area contributed by atoms with Crippen LogP contribution in [0.5, 0.6) is 0 Å². The number of aromatic nitrogens is 2. The second-order valence-corrected chi connectivity index (χ2v) is 5.18. The Kier molecular flexibility index (Phi) is 3.97. The van der Waals surface area contributed by atoms with Gasteiger partial charge >= 0.3 is 0 Å². The van der Waals surface area contributed by atoms with Crippen molar-refractivity contribution in [2.75, 3.05) is 18.9 Å². The Balaban J connectivity index is 1.59. The largest absolute Gasteiger partial charge is 0.399 e. The molecule has 1 fully saturated rings. The number of aryl methyl sites for hydroxylation is 2. The van der Waals surface area contributed by atoms with Gasteiger partial charge in [-0.25, -0.2) is 0 Å². The van der Waals surface area contributed by atoms with Gasteiger partial charge in [0.2, 0.25) is 5.89 Å². The highest BCUT2D eigenvalue weighted by Crippen LogP contribution is 2.24. The highest BCUT2D eigenvalue weighted by molar-refractivity contribution is 5.40. The van der Waals surface area contributed by atoms with E-state index in [0.29, 0.717) is 11.8 Å². The zero-order valence-electron chi connectivity index (χ0n) is 11.4. The van der Waals surface area contributed by atoms with E-state index in [0.717, 1.165) is 50.4 Å². The summed E-state index contributed by atoms with van der Waals surface area (Å²) < 4.78 is 10.7. The molecule has 5 nitrogen and oxygen atoms in total. The molecule has 1 aromatic heterocycles. The van der Waals surface area contributed by atoms with Crippen LogP contribution in [0.4, 0.5) is 5.69 Å². The van der Waals surface area contributed by atoms with Crippen molar-refractivity contribution in [1.82, 2.24) is 10.1 Å². The summed E-state index contributed by atoms with van der Waals surface area (Å²) in [6, 6.07) is 7.90. The van der Waals surface area contributed by atoms with Crippen LogP contribution in [-0.2, 0) is 17.6 Å². The summed E-state index contributed by atoms with van der Waals surface area (Å²) in [7, 11) is 0. The van der Waals surface area contributed by atoms with E-state index in [9.17, 15) is 0 Å². The van der Waals surface area contributed by atoms with Crippen LogP contribution in [0.2, 0.25) is 0 Å². The van der Waals surface area contributed by atoms with Crippen molar-refractivity contribution in [1.29, 1.82) is 0 Å². The van der Waals surface area contributed by atoms with E-state index in [-0.39, 0.29) is 0 Å². The van der Waals surface area contributed by atoms with Gasteiger partial charge in [-0.05, 0) is 37.0 Å². The third-order valence-corrected chi connectivity index (χ3v) is 3.65. The molecule has 106 valence electrons. The minimum atomic E-state index is 0.383. The summed E-state index contributed by atoms with van der Waals surface area (Å²) in [6.07, 6.45) is 3.57. The lowest BCUT2D eigenvalue weighted by molar-refractivity contribution is 0.0830. The number of ether oxygens (including phenoxy) is 1. The molecular formula is C15H19N3O2. The van der Waals surface area contributed by atoms with Crippen molar-refractivity contribution >= 4 is 5.69 Å². The number of anilines is 1. The lowest BCUT2D eigenvalue weighted by Crippen LogP contribution is -2.15. The fourth-order valence-corrected chi connectivity index (χ4v) is 2.49. The lowest BCUT2D eigenvalue weighted by atomic mass is 10.00. The van der Waals surface area contributed by atoms with Crippen LogP contribution in [0, 0.1) is 0 Å². The SMILES string of the molecule is Nc1cccc(CCc2nc(C3CCOCC3)no2)c1. The Morgan fingerprint density at radius 2 is 2.05 bits per heavy atom. The summed E-state index contributed by atoms with van der Waals surface area (Å²) in [5, 5.41) is 4.10. The molecule has 5 heteroatoms. The quantitative estimate of drug-likeness (QED) is 0.865. The molecule has 3 rings (SSSR count). The zero-order valence-corrected chi connectivity index (χ0v) is 11.4. The van der Waals surface area contributed by atoms with Crippen LogP contribution < -0.4 is 5.73 Å². The summed E-state index contributed by atoms with van der Waals surface area (Å²) in [5.41, 5.74) is 7.74. The summed E-state index contributed by atoms with van der Waals surface area (Å²) >= 11 is 0. The van der Waals surface area contributed by atoms with Crippen LogP contribution in [0.15, 0.2) is 28.8 Å². The zero-order chi connectivity index (χ0) is 13.8. The summed E-state index contributed by atoms with van der Waals surface area (Å²) in [6.45, 7) is 1.58.